The summed E-state index contributed by atoms with van der Waals surface area (Å²) in [5.74, 6) is 0.942. The molecular weight excluding hydrogens is 312 g/mol. The van der Waals surface area contributed by atoms with Crippen LogP contribution in [0.15, 0.2) is 36.7 Å². The van der Waals surface area contributed by atoms with Crippen LogP contribution in [0.2, 0.25) is 5.02 Å². The lowest BCUT2D eigenvalue weighted by Gasteiger charge is -2.27. The van der Waals surface area contributed by atoms with Crippen LogP contribution in [-0.4, -0.2) is 23.2 Å². The molecule has 2 aliphatic rings. The van der Waals surface area contributed by atoms with Crippen LogP contribution in [-0.2, 0) is 17.9 Å². The maximum atomic E-state index is 6.28. The Balaban J connectivity index is 1.61. The normalized spacial score (nSPS) is 21.0. The Bertz CT molecular complexity index is 693. The molecule has 3 heterocycles. The summed E-state index contributed by atoms with van der Waals surface area (Å²) in [6.07, 6.45) is 6.16. The van der Waals surface area contributed by atoms with Gasteiger partial charge in [0.2, 0.25) is 0 Å². The molecule has 5 heteroatoms. The molecule has 4 rings (SSSR count). The van der Waals surface area contributed by atoms with Gasteiger partial charge in [-0.2, -0.15) is 0 Å². The predicted molar refractivity (Wildman–Crippen MR) is 88.4 cm³/mol. The number of aromatic nitrogens is 1. The monoisotopic (exact) mass is 330 g/mol. The van der Waals surface area contributed by atoms with Crippen LogP contribution in [0.3, 0.4) is 0 Å². The van der Waals surface area contributed by atoms with Crippen LogP contribution in [0.1, 0.15) is 35.6 Å². The van der Waals surface area contributed by atoms with Crippen molar-refractivity contribution in [3.05, 3.63) is 58.4 Å². The van der Waals surface area contributed by atoms with E-state index in [9.17, 15) is 0 Å². The molecule has 1 unspecified atom stereocenters. The molecule has 23 heavy (non-hydrogen) atoms. The number of halogens is 1. The minimum Gasteiger partial charge on any atom is -0.467 e. The zero-order valence-corrected chi connectivity index (χ0v) is 13.6. The lowest BCUT2D eigenvalue weighted by Crippen LogP contribution is -2.24. The Morgan fingerprint density at radius 1 is 1.35 bits per heavy atom. The highest BCUT2D eigenvalue weighted by Crippen LogP contribution is 2.37. The number of likely N-dealkylation sites (tertiary alicyclic amines) is 1. The van der Waals surface area contributed by atoms with E-state index >= 15 is 0 Å². The zero-order valence-electron chi connectivity index (χ0n) is 12.9. The smallest absolute Gasteiger partial charge is 0.189 e. The van der Waals surface area contributed by atoms with Gasteiger partial charge in [-0.25, -0.2) is 0 Å². The van der Waals surface area contributed by atoms with Crippen LogP contribution in [0.25, 0.3) is 0 Å². The highest BCUT2D eigenvalue weighted by atomic mass is 35.5. The summed E-state index contributed by atoms with van der Waals surface area (Å²) in [6, 6.07) is 8.53. The fourth-order valence-corrected chi connectivity index (χ4v) is 3.82. The molecule has 1 saturated heterocycles. The van der Waals surface area contributed by atoms with Gasteiger partial charge >= 0.3 is 0 Å². The van der Waals surface area contributed by atoms with Gasteiger partial charge in [0.25, 0.3) is 0 Å². The van der Waals surface area contributed by atoms with E-state index in [-0.39, 0.29) is 0 Å². The van der Waals surface area contributed by atoms with Crippen molar-refractivity contribution in [1.29, 1.82) is 0 Å². The number of ether oxygens (including phenoxy) is 2. The van der Waals surface area contributed by atoms with Crippen molar-refractivity contribution in [2.45, 2.75) is 32.0 Å². The Labute approximate surface area is 141 Å². The highest BCUT2D eigenvalue weighted by molar-refractivity contribution is 6.30. The maximum Gasteiger partial charge on any atom is 0.189 e. The molecule has 4 nitrogen and oxygen atoms in total. The second-order valence-electron chi connectivity index (χ2n) is 6.08. The van der Waals surface area contributed by atoms with Crippen molar-refractivity contribution in [2.75, 3.05) is 13.3 Å². The van der Waals surface area contributed by atoms with Crippen molar-refractivity contribution in [3.63, 3.8) is 0 Å². The highest BCUT2D eigenvalue weighted by Gasteiger charge is 2.28. The average Bonchev–Trinajstić information content (AvgIpc) is 3.04. The number of hydrogen-bond acceptors (Lipinski definition) is 4. The van der Waals surface area contributed by atoms with E-state index in [0.29, 0.717) is 19.4 Å². The van der Waals surface area contributed by atoms with E-state index < -0.39 is 0 Å². The third-order valence-electron chi connectivity index (χ3n) is 4.56. The van der Waals surface area contributed by atoms with Crippen molar-refractivity contribution < 1.29 is 9.47 Å². The summed E-state index contributed by atoms with van der Waals surface area (Å²) in [5, 5.41) is 0.741. The number of benzene rings is 1. The minimum atomic E-state index is 0.313. The Kier molecular flexibility index (Phi) is 4.21. The van der Waals surface area contributed by atoms with Gasteiger partial charge in [-0.05, 0) is 43.1 Å². The van der Waals surface area contributed by atoms with Crippen molar-refractivity contribution in [2.24, 2.45) is 0 Å². The van der Waals surface area contributed by atoms with Crippen molar-refractivity contribution in [3.8, 4) is 5.75 Å². The molecule has 0 N–H and O–H groups in total. The van der Waals surface area contributed by atoms with Crippen LogP contribution in [0, 0.1) is 0 Å². The van der Waals surface area contributed by atoms with Crippen LogP contribution < -0.4 is 4.74 Å². The van der Waals surface area contributed by atoms with Gasteiger partial charge in [-0.15, -0.1) is 0 Å². The largest absolute Gasteiger partial charge is 0.467 e. The summed E-state index contributed by atoms with van der Waals surface area (Å²) < 4.78 is 11.1. The maximum absolute atomic E-state index is 6.28. The number of fused-ring (bicyclic) bond motifs is 1. The number of hydrogen-bond donors (Lipinski definition) is 0. The zero-order chi connectivity index (χ0) is 15.6. The summed E-state index contributed by atoms with van der Waals surface area (Å²) in [5.41, 5.74) is 3.47. The molecule has 1 atom stereocenters. The fourth-order valence-electron chi connectivity index (χ4n) is 3.56. The molecule has 1 fully saturated rings. The van der Waals surface area contributed by atoms with Crippen molar-refractivity contribution >= 4 is 11.6 Å². The van der Waals surface area contributed by atoms with Gasteiger partial charge in [0.15, 0.2) is 6.79 Å². The molecule has 0 aliphatic carbocycles. The molecule has 120 valence electrons. The summed E-state index contributed by atoms with van der Waals surface area (Å²) in [7, 11) is 0. The summed E-state index contributed by atoms with van der Waals surface area (Å²) in [4.78, 5) is 6.75. The molecule has 2 aliphatic heterocycles. The van der Waals surface area contributed by atoms with Gasteiger partial charge in [0.05, 0.1) is 6.61 Å². The molecule has 0 saturated carbocycles. The number of rotatable bonds is 3. The van der Waals surface area contributed by atoms with E-state index in [1.807, 2.05) is 30.6 Å². The first kappa shape index (κ1) is 14.9. The molecule has 0 bridgehead atoms. The first-order valence-electron chi connectivity index (χ1n) is 7.97. The molecule has 0 spiro atoms. The van der Waals surface area contributed by atoms with Crippen LogP contribution in [0.5, 0.6) is 5.75 Å². The second-order valence-corrected chi connectivity index (χ2v) is 6.52. The lowest BCUT2D eigenvalue weighted by molar-refractivity contribution is -0.0175. The molecule has 1 aromatic heterocycles. The molecule has 2 aromatic rings. The fraction of sp³-hybridized carbons (Fsp3) is 0.389. The second kappa shape index (κ2) is 6.48. The van der Waals surface area contributed by atoms with Gasteiger partial charge in [0, 0.05) is 41.1 Å². The summed E-state index contributed by atoms with van der Waals surface area (Å²) >= 11 is 6.28. The third kappa shape index (κ3) is 3.07. The minimum absolute atomic E-state index is 0.313. The number of pyridine rings is 1. The van der Waals surface area contributed by atoms with Gasteiger partial charge < -0.3 is 9.47 Å². The van der Waals surface area contributed by atoms with Gasteiger partial charge in [-0.3, -0.25) is 9.88 Å². The van der Waals surface area contributed by atoms with E-state index in [2.05, 4.69) is 16.0 Å². The number of nitrogens with zero attached hydrogens (tertiary/aromatic N) is 2. The molecule has 1 aromatic carbocycles. The first-order valence-corrected chi connectivity index (χ1v) is 8.35. The Morgan fingerprint density at radius 3 is 3.17 bits per heavy atom. The van der Waals surface area contributed by atoms with Crippen molar-refractivity contribution in [1.82, 2.24) is 9.88 Å². The van der Waals surface area contributed by atoms with E-state index in [4.69, 9.17) is 21.1 Å². The average molecular weight is 331 g/mol. The van der Waals surface area contributed by atoms with Crippen LogP contribution in [0.4, 0.5) is 0 Å². The lowest BCUT2D eigenvalue weighted by atomic mass is 10.0. The first-order chi connectivity index (χ1) is 11.3. The SMILES string of the molecule is Clc1cc2c(c(CN3CCCC3c3cccnc3)c1)OCOC2. The Morgan fingerprint density at radius 2 is 2.30 bits per heavy atom. The van der Waals surface area contributed by atoms with E-state index in [1.54, 1.807) is 0 Å². The Hall–Kier alpha value is -1.62. The third-order valence-corrected chi connectivity index (χ3v) is 4.78. The van der Waals surface area contributed by atoms with E-state index in [0.717, 1.165) is 35.0 Å². The van der Waals surface area contributed by atoms with E-state index in [1.165, 1.54) is 18.4 Å². The predicted octanol–water partition coefficient (Wildman–Crippen LogP) is 3.94. The molecule has 0 amide bonds. The molecular formula is C18H19ClN2O2. The quantitative estimate of drug-likeness (QED) is 0.853. The van der Waals surface area contributed by atoms with Crippen LogP contribution >= 0.6 is 11.6 Å². The summed E-state index contributed by atoms with van der Waals surface area (Å²) in [6.45, 7) is 2.79. The molecule has 0 radical (unpaired) electrons. The topological polar surface area (TPSA) is 34.6 Å². The van der Waals surface area contributed by atoms with Gasteiger partial charge in [0.1, 0.15) is 5.75 Å². The standard InChI is InChI=1S/C18H19ClN2O2/c19-16-7-14(18-15(8-16)11-22-12-23-18)10-21-6-2-4-17(21)13-3-1-5-20-9-13/h1,3,5,7-9,17H,2,4,6,10-12H2. The van der Waals surface area contributed by atoms with Gasteiger partial charge in [-0.1, -0.05) is 17.7 Å².